The van der Waals surface area contributed by atoms with Gasteiger partial charge in [-0.3, -0.25) is 14.8 Å². The number of hydrogen-bond donors (Lipinski definition) is 3. The molecule has 0 spiro atoms. The molecule has 7 nitrogen and oxygen atoms in total. The monoisotopic (exact) mass is 331 g/mol. The molecule has 3 rings (SSSR count). The summed E-state index contributed by atoms with van der Waals surface area (Å²) in [7, 11) is 1.23. The lowest BCUT2D eigenvalue weighted by Gasteiger charge is -2.28. The lowest BCUT2D eigenvalue weighted by Crippen LogP contribution is -2.34. The van der Waals surface area contributed by atoms with E-state index in [1.807, 2.05) is 0 Å². The van der Waals surface area contributed by atoms with E-state index in [-0.39, 0.29) is 17.0 Å². The van der Waals surface area contributed by atoms with Crippen LogP contribution in [0.1, 0.15) is 24.0 Å². The largest absolute Gasteiger partial charge is 0.466 e. The fraction of sp³-hybridized carbons (Fsp3) is 0.188. The van der Waals surface area contributed by atoms with Gasteiger partial charge in [0.15, 0.2) is 0 Å². The number of carbonyl (C=O) groups excluding carboxylic acids is 1. The van der Waals surface area contributed by atoms with Crippen LogP contribution in [0.15, 0.2) is 45.1 Å². The zero-order valence-electron chi connectivity index (χ0n) is 12.9. The number of fused-ring (bicyclic) bond motifs is 1. The highest BCUT2D eigenvalue weighted by molar-refractivity contribution is 5.94. The van der Waals surface area contributed by atoms with Gasteiger partial charge in [0.2, 0.25) is 0 Å². The number of ether oxygens (including phenoxy) is 1. The maximum atomic E-state index is 13.2. The van der Waals surface area contributed by atoms with Crippen molar-refractivity contribution in [3.05, 3.63) is 73.3 Å². The Balaban J connectivity index is 2.31. The molecule has 0 saturated carbocycles. The van der Waals surface area contributed by atoms with Gasteiger partial charge in [-0.1, -0.05) is 12.1 Å². The first-order valence-corrected chi connectivity index (χ1v) is 7.10. The molecule has 0 aliphatic carbocycles. The van der Waals surface area contributed by atoms with Crippen LogP contribution in [-0.4, -0.2) is 23.0 Å². The van der Waals surface area contributed by atoms with E-state index in [0.717, 1.165) is 0 Å². The Bertz CT molecular complexity index is 957. The van der Waals surface area contributed by atoms with Gasteiger partial charge in [-0.15, -0.1) is 0 Å². The molecule has 1 aliphatic rings. The van der Waals surface area contributed by atoms with Crippen molar-refractivity contribution in [1.82, 2.24) is 9.97 Å². The van der Waals surface area contributed by atoms with E-state index in [2.05, 4.69) is 15.3 Å². The molecule has 0 amide bonds. The number of aromatic amines is 2. The van der Waals surface area contributed by atoms with Crippen LogP contribution < -0.4 is 16.6 Å². The molecule has 1 aliphatic heterocycles. The van der Waals surface area contributed by atoms with Crippen molar-refractivity contribution in [3.8, 4) is 0 Å². The number of methoxy groups -OCH3 is 1. The molecule has 1 aromatic carbocycles. The highest BCUT2D eigenvalue weighted by Gasteiger charge is 2.35. The summed E-state index contributed by atoms with van der Waals surface area (Å²) < 4.78 is 18.1. The van der Waals surface area contributed by atoms with Crippen molar-refractivity contribution < 1.29 is 13.9 Å². The van der Waals surface area contributed by atoms with E-state index in [9.17, 15) is 18.8 Å². The summed E-state index contributed by atoms with van der Waals surface area (Å²) in [4.78, 5) is 40.7. The van der Waals surface area contributed by atoms with Crippen LogP contribution in [0.2, 0.25) is 0 Å². The molecule has 0 saturated heterocycles. The summed E-state index contributed by atoms with van der Waals surface area (Å²) in [6.07, 6.45) is 0. The number of allylic oxidation sites excluding steroid dienone is 1. The Labute approximate surface area is 135 Å². The summed E-state index contributed by atoms with van der Waals surface area (Å²) >= 11 is 0. The third-order valence-electron chi connectivity index (χ3n) is 3.88. The maximum Gasteiger partial charge on any atom is 0.336 e. The van der Waals surface area contributed by atoms with Crippen LogP contribution in [0.3, 0.4) is 0 Å². The third-order valence-corrected chi connectivity index (χ3v) is 3.88. The number of nitrogens with one attached hydrogen (secondary N) is 3. The molecule has 1 atom stereocenters. The van der Waals surface area contributed by atoms with Gasteiger partial charge in [0.1, 0.15) is 11.6 Å². The van der Waals surface area contributed by atoms with Crippen molar-refractivity contribution in [2.45, 2.75) is 12.8 Å². The maximum absolute atomic E-state index is 13.2. The molecule has 124 valence electrons. The smallest absolute Gasteiger partial charge is 0.336 e. The van der Waals surface area contributed by atoms with E-state index in [4.69, 9.17) is 4.74 Å². The number of esters is 1. The molecular weight excluding hydrogens is 317 g/mol. The fourth-order valence-corrected chi connectivity index (χ4v) is 2.86. The minimum Gasteiger partial charge on any atom is -0.466 e. The molecule has 0 fully saturated rings. The molecule has 0 bridgehead atoms. The predicted octanol–water partition coefficient (Wildman–Crippen LogP) is 1.21. The standard InChI is InChI=1S/C16H14FN3O4/c1-7-10(15(22)24-2)11(8-3-5-9(17)6-4-8)12-13(18-7)19-16(23)20-14(12)21/h3-6,11H,1-2H3,(H3,18,19,20,21,23). The minimum absolute atomic E-state index is 0.159. The molecule has 8 heteroatoms. The van der Waals surface area contributed by atoms with Crippen LogP contribution in [0, 0.1) is 5.82 Å². The Morgan fingerprint density at radius 2 is 1.83 bits per heavy atom. The Morgan fingerprint density at radius 3 is 2.46 bits per heavy atom. The van der Waals surface area contributed by atoms with Crippen molar-refractivity contribution in [2.24, 2.45) is 0 Å². The minimum atomic E-state index is -0.796. The summed E-state index contributed by atoms with van der Waals surface area (Å²) in [5, 5.41) is 2.85. The molecule has 3 N–H and O–H groups in total. The molecule has 24 heavy (non-hydrogen) atoms. The van der Waals surface area contributed by atoms with Crippen molar-refractivity contribution >= 4 is 11.8 Å². The summed E-state index contributed by atoms with van der Waals surface area (Å²) in [5.41, 5.74) is 0.0330. The van der Waals surface area contributed by atoms with Gasteiger partial charge in [-0.05, 0) is 24.6 Å². The third kappa shape index (κ3) is 2.51. The Hall–Kier alpha value is -3.16. The second kappa shape index (κ2) is 5.80. The topological polar surface area (TPSA) is 104 Å². The van der Waals surface area contributed by atoms with Gasteiger partial charge < -0.3 is 10.1 Å². The average molecular weight is 331 g/mol. The van der Waals surface area contributed by atoms with Gasteiger partial charge in [0, 0.05) is 5.70 Å². The summed E-state index contributed by atoms with van der Waals surface area (Å²) in [5.74, 6) is -1.66. The van der Waals surface area contributed by atoms with Crippen molar-refractivity contribution in [3.63, 3.8) is 0 Å². The number of hydrogen-bond acceptors (Lipinski definition) is 5. The first kappa shape index (κ1) is 15.7. The molecule has 2 aromatic rings. The normalized spacial score (nSPS) is 16.4. The average Bonchev–Trinajstić information content (AvgIpc) is 2.53. The van der Waals surface area contributed by atoms with Gasteiger partial charge in [-0.2, -0.15) is 0 Å². The van der Waals surface area contributed by atoms with Crippen LogP contribution in [0.25, 0.3) is 0 Å². The number of benzene rings is 1. The first-order valence-electron chi connectivity index (χ1n) is 7.10. The Kier molecular flexibility index (Phi) is 3.80. The molecule has 1 unspecified atom stereocenters. The second-order valence-corrected chi connectivity index (χ2v) is 5.34. The molecule has 0 radical (unpaired) electrons. The van der Waals surface area contributed by atoms with Crippen LogP contribution in [-0.2, 0) is 9.53 Å². The predicted molar refractivity (Wildman–Crippen MR) is 84.3 cm³/mol. The highest BCUT2D eigenvalue weighted by atomic mass is 19.1. The van der Waals surface area contributed by atoms with E-state index < -0.39 is 29.0 Å². The number of carbonyl (C=O) groups is 1. The lowest BCUT2D eigenvalue weighted by molar-refractivity contribution is -0.136. The molecule has 2 heterocycles. The van der Waals surface area contributed by atoms with Crippen LogP contribution in [0.5, 0.6) is 0 Å². The van der Waals surface area contributed by atoms with Crippen LogP contribution in [0.4, 0.5) is 10.2 Å². The van der Waals surface area contributed by atoms with Gasteiger partial charge in [0.05, 0.1) is 24.2 Å². The number of halogens is 1. The lowest BCUT2D eigenvalue weighted by atomic mass is 9.82. The second-order valence-electron chi connectivity index (χ2n) is 5.34. The Morgan fingerprint density at radius 1 is 1.17 bits per heavy atom. The van der Waals surface area contributed by atoms with Crippen LogP contribution >= 0.6 is 0 Å². The zero-order chi connectivity index (χ0) is 17.4. The van der Waals surface area contributed by atoms with E-state index in [1.165, 1.54) is 31.4 Å². The van der Waals surface area contributed by atoms with Crippen molar-refractivity contribution in [1.29, 1.82) is 0 Å². The van der Waals surface area contributed by atoms with E-state index >= 15 is 0 Å². The fourth-order valence-electron chi connectivity index (χ4n) is 2.86. The van der Waals surface area contributed by atoms with E-state index in [1.54, 1.807) is 6.92 Å². The highest BCUT2D eigenvalue weighted by Crippen LogP contribution is 2.39. The van der Waals surface area contributed by atoms with Gasteiger partial charge in [-0.25, -0.2) is 14.0 Å². The SMILES string of the molecule is COC(=O)C1=C(C)Nc2[nH]c(=O)[nH]c(=O)c2C1c1ccc(F)cc1. The first-order chi connectivity index (χ1) is 11.4. The number of aromatic nitrogens is 2. The van der Waals surface area contributed by atoms with Gasteiger partial charge in [0.25, 0.3) is 5.56 Å². The number of anilines is 1. The van der Waals surface area contributed by atoms with Gasteiger partial charge >= 0.3 is 11.7 Å². The summed E-state index contributed by atoms with van der Waals surface area (Å²) in [6, 6.07) is 5.44. The number of rotatable bonds is 2. The quantitative estimate of drug-likeness (QED) is 0.718. The molecular formula is C16H14FN3O4. The van der Waals surface area contributed by atoms with E-state index in [0.29, 0.717) is 11.3 Å². The van der Waals surface area contributed by atoms with Crippen molar-refractivity contribution in [2.75, 3.05) is 12.4 Å². The number of H-pyrrole nitrogens is 2. The summed E-state index contributed by atoms with van der Waals surface area (Å²) in [6.45, 7) is 1.63. The molecule has 1 aromatic heterocycles. The zero-order valence-corrected chi connectivity index (χ0v) is 12.9.